The van der Waals surface area contributed by atoms with Gasteiger partial charge in [0.25, 0.3) is 0 Å². The topological polar surface area (TPSA) is 52.1 Å². The van der Waals surface area contributed by atoms with Crippen molar-refractivity contribution in [1.29, 1.82) is 0 Å². The van der Waals surface area contributed by atoms with Crippen LogP contribution in [0, 0.1) is 5.92 Å². The van der Waals surface area contributed by atoms with Gasteiger partial charge in [0, 0.05) is 18.0 Å². The fraction of sp³-hybridized carbons (Fsp3) is 0.542. The minimum Gasteiger partial charge on any atom is -0.459 e. The molecule has 0 bridgehead atoms. The van der Waals surface area contributed by atoms with E-state index in [4.69, 9.17) is 4.74 Å². The molecule has 0 amide bonds. The zero-order valence-electron chi connectivity index (χ0n) is 17.2. The number of esters is 1. The molecule has 1 aromatic carbocycles. The first kappa shape index (κ1) is 20.5. The first-order valence-corrected chi connectivity index (χ1v) is 10.8. The third kappa shape index (κ3) is 5.63. The minimum absolute atomic E-state index is 0.0681. The summed E-state index contributed by atoms with van der Waals surface area (Å²) in [5.74, 6) is 1.27. The van der Waals surface area contributed by atoms with Gasteiger partial charge in [-0.05, 0) is 62.1 Å². The molecule has 0 aliphatic heterocycles. The summed E-state index contributed by atoms with van der Waals surface area (Å²) in [5.41, 5.74) is 2.69. The number of carbonyl (C=O) groups excluding carboxylic acids is 1. The fourth-order valence-electron chi connectivity index (χ4n) is 3.84. The van der Waals surface area contributed by atoms with E-state index in [1.807, 2.05) is 36.7 Å². The molecule has 0 radical (unpaired) electrons. The number of nitrogens with zero attached hydrogens (tertiary/aromatic N) is 2. The number of ether oxygens (including phenoxy) is 1. The summed E-state index contributed by atoms with van der Waals surface area (Å²) >= 11 is 0. The average molecular weight is 381 g/mol. The lowest BCUT2D eigenvalue weighted by atomic mass is 9.86. The van der Waals surface area contributed by atoms with E-state index in [2.05, 4.69) is 23.8 Å². The van der Waals surface area contributed by atoms with E-state index in [1.54, 1.807) is 0 Å². The number of rotatable bonds is 8. The van der Waals surface area contributed by atoms with E-state index in [1.165, 1.54) is 44.1 Å². The van der Waals surface area contributed by atoms with Gasteiger partial charge in [0.05, 0.1) is 5.56 Å². The molecule has 1 fully saturated rings. The molecule has 4 nitrogen and oxygen atoms in total. The molecule has 1 saturated carbocycles. The van der Waals surface area contributed by atoms with E-state index in [0.29, 0.717) is 11.4 Å². The SMILES string of the molecule is CCCCCc1cnc(-c2ccc(C(=O)O[C@H]3CC[C@H](CC)CC3)cc2)nc1. The van der Waals surface area contributed by atoms with Crippen LogP contribution >= 0.6 is 0 Å². The molecule has 1 aromatic heterocycles. The molecule has 0 spiro atoms. The van der Waals surface area contributed by atoms with Crippen LogP contribution in [0.1, 0.15) is 81.1 Å². The van der Waals surface area contributed by atoms with Crippen LogP contribution in [-0.4, -0.2) is 22.0 Å². The highest BCUT2D eigenvalue weighted by Crippen LogP contribution is 2.28. The lowest BCUT2D eigenvalue weighted by Gasteiger charge is -2.27. The highest BCUT2D eigenvalue weighted by atomic mass is 16.5. The molecular weight excluding hydrogens is 348 g/mol. The molecule has 1 aliphatic carbocycles. The Labute approximate surface area is 168 Å². The van der Waals surface area contributed by atoms with E-state index in [0.717, 1.165) is 30.7 Å². The first-order chi connectivity index (χ1) is 13.7. The van der Waals surface area contributed by atoms with E-state index >= 15 is 0 Å². The van der Waals surface area contributed by atoms with Crippen molar-refractivity contribution in [2.45, 2.75) is 77.7 Å². The number of hydrogen-bond acceptors (Lipinski definition) is 4. The second-order valence-corrected chi connectivity index (χ2v) is 7.91. The minimum atomic E-state index is -0.223. The monoisotopic (exact) mass is 380 g/mol. The maximum atomic E-state index is 12.4. The Morgan fingerprint density at radius 3 is 2.29 bits per heavy atom. The Hall–Kier alpha value is -2.23. The third-order valence-electron chi connectivity index (χ3n) is 5.80. The van der Waals surface area contributed by atoms with Crippen molar-refractivity contribution in [3.63, 3.8) is 0 Å². The highest BCUT2D eigenvalue weighted by molar-refractivity contribution is 5.90. The van der Waals surface area contributed by atoms with E-state index < -0.39 is 0 Å². The Morgan fingerprint density at radius 1 is 1.00 bits per heavy atom. The number of unbranched alkanes of at least 4 members (excludes halogenated alkanes) is 2. The summed E-state index contributed by atoms with van der Waals surface area (Å²) in [4.78, 5) is 21.4. The predicted octanol–water partition coefficient (Wildman–Crippen LogP) is 6.00. The second-order valence-electron chi connectivity index (χ2n) is 7.91. The largest absolute Gasteiger partial charge is 0.459 e. The van der Waals surface area contributed by atoms with Gasteiger partial charge >= 0.3 is 5.97 Å². The van der Waals surface area contributed by atoms with Crippen molar-refractivity contribution in [2.24, 2.45) is 5.92 Å². The van der Waals surface area contributed by atoms with Crippen LogP contribution in [0.3, 0.4) is 0 Å². The van der Waals surface area contributed by atoms with Crippen molar-refractivity contribution in [2.75, 3.05) is 0 Å². The van der Waals surface area contributed by atoms with Crippen molar-refractivity contribution in [3.05, 3.63) is 47.8 Å². The molecule has 1 heterocycles. The molecule has 0 N–H and O–H groups in total. The summed E-state index contributed by atoms with van der Waals surface area (Å²) in [5, 5.41) is 0. The van der Waals surface area contributed by atoms with Crippen molar-refractivity contribution >= 4 is 5.97 Å². The molecule has 0 unspecified atom stereocenters. The van der Waals surface area contributed by atoms with Crippen LogP contribution in [0.5, 0.6) is 0 Å². The van der Waals surface area contributed by atoms with Crippen molar-refractivity contribution in [3.8, 4) is 11.4 Å². The van der Waals surface area contributed by atoms with Gasteiger partial charge in [-0.3, -0.25) is 0 Å². The van der Waals surface area contributed by atoms with Gasteiger partial charge in [-0.15, -0.1) is 0 Å². The normalized spacial score (nSPS) is 19.4. The maximum Gasteiger partial charge on any atom is 0.338 e. The number of benzene rings is 1. The lowest BCUT2D eigenvalue weighted by Crippen LogP contribution is -2.24. The smallest absolute Gasteiger partial charge is 0.338 e. The molecular formula is C24H32N2O2. The standard InChI is InChI=1S/C24H32N2O2/c1-3-5-6-7-19-16-25-23(26-17-19)20-10-12-21(13-11-20)24(27)28-22-14-8-18(4-2)9-15-22/h10-13,16-18,22H,3-9,14-15H2,1-2H3/t18-,22-. The maximum absolute atomic E-state index is 12.4. The fourth-order valence-corrected chi connectivity index (χ4v) is 3.84. The van der Waals surface area contributed by atoms with Crippen LogP contribution in [0.15, 0.2) is 36.7 Å². The molecule has 150 valence electrons. The van der Waals surface area contributed by atoms with Gasteiger partial charge in [-0.2, -0.15) is 0 Å². The lowest BCUT2D eigenvalue weighted by molar-refractivity contribution is 0.0164. The molecule has 1 aliphatic rings. The van der Waals surface area contributed by atoms with E-state index in [-0.39, 0.29) is 12.1 Å². The summed E-state index contributed by atoms with van der Waals surface area (Å²) in [6, 6.07) is 7.43. The zero-order valence-corrected chi connectivity index (χ0v) is 17.2. The molecule has 3 rings (SSSR count). The molecule has 28 heavy (non-hydrogen) atoms. The number of aryl methyl sites for hydroxylation is 1. The van der Waals surface area contributed by atoms with E-state index in [9.17, 15) is 4.79 Å². The van der Waals surface area contributed by atoms with Crippen LogP contribution in [0.25, 0.3) is 11.4 Å². The molecule has 2 aromatic rings. The summed E-state index contributed by atoms with van der Waals surface area (Å²) in [6.45, 7) is 4.44. The van der Waals surface area contributed by atoms with Crippen LogP contribution in [0.4, 0.5) is 0 Å². The quantitative estimate of drug-likeness (QED) is 0.416. The molecule has 0 saturated heterocycles. The van der Waals surface area contributed by atoms with Gasteiger partial charge in [-0.1, -0.05) is 45.2 Å². The van der Waals surface area contributed by atoms with Gasteiger partial charge in [0.15, 0.2) is 5.82 Å². The van der Waals surface area contributed by atoms with Crippen molar-refractivity contribution in [1.82, 2.24) is 9.97 Å². The second kappa shape index (κ2) is 10.4. The average Bonchev–Trinajstić information content (AvgIpc) is 2.75. The van der Waals surface area contributed by atoms with Gasteiger partial charge in [0.1, 0.15) is 6.10 Å². The highest BCUT2D eigenvalue weighted by Gasteiger charge is 2.23. The predicted molar refractivity (Wildman–Crippen MR) is 112 cm³/mol. The summed E-state index contributed by atoms with van der Waals surface area (Å²) in [6.07, 6.45) is 14.1. The Morgan fingerprint density at radius 2 is 1.68 bits per heavy atom. The Kier molecular flexibility index (Phi) is 7.58. The Bertz CT molecular complexity index is 732. The number of aromatic nitrogens is 2. The summed E-state index contributed by atoms with van der Waals surface area (Å²) in [7, 11) is 0. The zero-order chi connectivity index (χ0) is 19.8. The number of carbonyl (C=O) groups is 1. The number of hydrogen-bond donors (Lipinski definition) is 0. The molecule has 0 atom stereocenters. The van der Waals surface area contributed by atoms with Crippen LogP contribution in [-0.2, 0) is 11.2 Å². The molecule has 4 heteroatoms. The Balaban J connectivity index is 1.55. The third-order valence-corrected chi connectivity index (χ3v) is 5.80. The van der Waals surface area contributed by atoms with Crippen LogP contribution in [0.2, 0.25) is 0 Å². The van der Waals surface area contributed by atoms with Gasteiger partial charge < -0.3 is 4.74 Å². The van der Waals surface area contributed by atoms with Gasteiger partial charge in [0.2, 0.25) is 0 Å². The van der Waals surface area contributed by atoms with Crippen LogP contribution < -0.4 is 0 Å². The van der Waals surface area contributed by atoms with Gasteiger partial charge in [-0.25, -0.2) is 14.8 Å². The summed E-state index contributed by atoms with van der Waals surface area (Å²) < 4.78 is 5.71. The van der Waals surface area contributed by atoms with Crippen molar-refractivity contribution < 1.29 is 9.53 Å². The first-order valence-electron chi connectivity index (χ1n) is 10.8.